The minimum Gasteiger partial charge on any atom is -0.379 e. The molecule has 2 aromatic heterocycles. The first-order chi connectivity index (χ1) is 9.36. The second-order valence-electron chi connectivity index (χ2n) is 4.83. The molecule has 6 heteroatoms. The quantitative estimate of drug-likeness (QED) is 0.741. The van der Waals surface area contributed by atoms with Gasteiger partial charge in [0.25, 0.3) is 0 Å². The smallest absolute Gasteiger partial charge is 0.180 e. The van der Waals surface area contributed by atoms with Gasteiger partial charge >= 0.3 is 0 Å². The Balaban J connectivity index is 1.60. The number of hydrogen-bond acceptors (Lipinski definition) is 5. The Morgan fingerprint density at radius 3 is 3.16 bits per heavy atom. The highest BCUT2D eigenvalue weighted by atomic mass is 16.5. The number of fused-ring (bicyclic) bond motifs is 1. The minimum absolute atomic E-state index is 0.703. The van der Waals surface area contributed by atoms with Crippen LogP contribution in [0.1, 0.15) is 12.8 Å². The maximum absolute atomic E-state index is 5.60. The fourth-order valence-electron chi connectivity index (χ4n) is 1.95. The first-order valence-corrected chi connectivity index (χ1v) is 6.70. The van der Waals surface area contributed by atoms with Gasteiger partial charge in [-0.05, 0) is 18.8 Å². The summed E-state index contributed by atoms with van der Waals surface area (Å²) in [6, 6.07) is 0. The van der Waals surface area contributed by atoms with Crippen LogP contribution in [-0.4, -0.2) is 41.2 Å². The second kappa shape index (κ2) is 5.44. The Morgan fingerprint density at radius 2 is 2.37 bits per heavy atom. The Hall–Kier alpha value is -1.82. The summed E-state index contributed by atoms with van der Waals surface area (Å²) in [6.07, 6.45) is 8.25. The molecule has 1 aliphatic rings. The normalized spacial score (nSPS) is 14.8. The van der Waals surface area contributed by atoms with Gasteiger partial charge in [0.15, 0.2) is 11.5 Å². The Labute approximate surface area is 112 Å². The first kappa shape index (κ1) is 12.2. The number of nitrogens with zero attached hydrogens (tertiary/aromatic N) is 3. The highest BCUT2D eigenvalue weighted by molar-refractivity contribution is 5.65. The number of ether oxygens (including phenoxy) is 1. The van der Waals surface area contributed by atoms with Crippen LogP contribution < -0.4 is 10.6 Å². The van der Waals surface area contributed by atoms with E-state index in [4.69, 9.17) is 4.74 Å². The number of nitrogens with one attached hydrogen (secondary N) is 2. The molecule has 3 rings (SSSR count). The number of anilines is 2. The van der Waals surface area contributed by atoms with E-state index in [0.717, 1.165) is 36.4 Å². The largest absolute Gasteiger partial charge is 0.379 e. The van der Waals surface area contributed by atoms with Gasteiger partial charge in [-0.2, -0.15) is 0 Å². The zero-order chi connectivity index (χ0) is 13.1. The van der Waals surface area contributed by atoms with Crippen LogP contribution in [0.4, 0.5) is 11.6 Å². The minimum atomic E-state index is 0.703. The van der Waals surface area contributed by atoms with E-state index in [2.05, 4.69) is 20.6 Å². The molecule has 0 spiro atoms. The highest BCUT2D eigenvalue weighted by Crippen LogP contribution is 2.28. The molecule has 2 heterocycles. The van der Waals surface area contributed by atoms with Crippen LogP contribution in [0.5, 0.6) is 0 Å². The molecule has 0 amide bonds. The van der Waals surface area contributed by atoms with Gasteiger partial charge in [-0.3, -0.25) is 0 Å². The standard InChI is InChI=1S/C13H19N5O/c1-14-11-8-18-6-4-16-13(18)12(17-11)15-5-7-19-9-10-2-3-10/h4,6,8,10,14H,2-3,5,7,9H2,1H3,(H,15,17). The summed E-state index contributed by atoms with van der Waals surface area (Å²) in [5.74, 6) is 2.41. The molecular formula is C13H19N5O. The molecule has 6 nitrogen and oxygen atoms in total. The molecule has 19 heavy (non-hydrogen) atoms. The molecule has 0 radical (unpaired) electrons. The van der Waals surface area contributed by atoms with Gasteiger partial charge in [0.05, 0.1) is 12.8 Å². The third-order valence-corrected chi connectivity index (χ3v) is 3.22. The molecule has 0 atom stereocenters. The lowest BCUT2D eigenvalue weighted by molar-refractivity contribution is 0.134. The molecule has 1 saturated carbocycles. The number of imidazole rings is 1. The average molecular weight is 261 g/mol. The molecule has 1 aliphatic carbocycles. The molecule has 1 fully saturated rings. The van der Waals surface area contributed by atoms with Gasteiger partial charge in [0.1, 0.15) is 5.82 Å². The predicted octanol–water partition coefficient (Wildman–Crippen LogP) is 1.61. The van der Waals surface area contributed by atoms with Crippen LogP contribution in [0.3, 0.4) is 0 Å². The molecule has 0 bridgehead atoms. The zero-order valence-corrected chi connectivity index (χ0v) is 11.1. The van der Waals surface area contributed by atoms with E-state index in [-0.39, 0.29) is 0 Å². The Bertz CT molecular complexity index is 549. The SMILES string of the molecule is CNc1cn2ccnc2c(NCCOCC2CC2)n1. The van der Waals surface area contributed by atoms with Crippen LogP contribution >= 0.6 is 0 Å². The summed E-state index contributed by atoms with van der Waals surface area (Å²) in [5, 5.41) is 6.33. The lowest BCUT2D eigenvalue weighted by atomic mass is 10.5. The number of aromatic nitrogens is 3. The maximum Gasteiger partial charge on any atom is 0.180 e. The zero-order valence-electron chi connectivity index (χ0n) is 11.1. The van der Waals surface area contributed by atoms with E-state index in [1.165, 1.54) is 12.8 Å². The van der Waals surface area contributed by atoms with E-state index in [1.54, 1.807) is 6.20 Å². The monoisotopic (exact) mass is 261 g/mol. The van der Waals surface area contributed by atoms with Crippen molar-refractivity contribution in [1.82, 2.24) is 14.4 Å². The van der Waals surface area contributed by atoms with Crippen LogP contribution in [0.25, 0.3) is 5.65 Å². The highest BCUT2D eigenvalue weighted by Gasteiger charge is 2.20. The molecule has 0 unspecified atom stereocenters. The molecule has 0 aliphatic heterocycles. The fourth-order valence-corrected chi connectivity index (χ4v) is 1.95. The molecule has 102 valence electrons. The lowest BCUT2D eigenvalue weighted by Gasteiger charge is -2.09. The molecule has 2 N–H and O–H groups in total. The lowest BCUT2D eigenvalue weighted by Crippen LogP contribution is -2.13. The van der Waals surface area contributed by atoms with Crippen LogP contribution in [-0.2, 0) is 4.74 Å². The van der Waals surface area contributed by atoms with Crippen molar-refractivity contribution in [2.75, 3.05) is 37.4 Å². The van der Waals surface area contributed by atoms with Crippen LogP contribution in [0, 0.1) is 5.92 Å². The Kier molecular flexibility index (Phi) is 3.50. The summed E-state index contributed by atoms with van der Waals surface area (Å²) in [4.78, 5) is 8.78. The van der Waals surface area contributed by atoms with Gasteiger partial charge in [-0.15, -0.1) is 0 Å². The van der Waals surface area contributed by atoms with Crippen molar-refractivity contribution >= 4 is 17.3 Å². The van der Waals surface area contributed by atoms with Crippen molar-refractivity contribution in [3.63, 3.8) is 0 Å². The van der Waals surface area contributed by atoms with Gasteiger partial charge in [0, 0.05) is 32.6 Å². The molecule has 0 aromatic carbocycles. The summed E-state index contributed by atoms with van der Waals surface area (Å²) in [7, 11) is 1.85. The van der Waals surface area contributed by atoms with Gasteiger partial charge in [0.2, 0.25) is 0 Å². The van der Waals surface area contributed by atoms with E-state index >= 15 is 0 Å². The van der Waals surface area contributed by atoms with Gasteiger partial charge in [-0.25, -0.2) is 9.97 Å². The van der Waals surface area contributed by atoms with E-state index < -0.39 is 0 Å². The third kappa shape index (κ3) is 2.96. The molecule has 2 aromatic rings. The van der Waals surface area contributed by atoms with Crippen LogP contribution in [0.15, 0.2) is 18.6 Å². The van der Waals surface area contributed by atoms with Crippen molar-refractivity contribution in [1.29, 1.82) is 0 Å². The summed E-state index contributed by atoms with van der Waals surface area (Å²) >= 11 is 0. The van der Waals surface area contributed by atoms with Gasteiger partial charge < -0.3 is 19.8 Å². The number of rotatable bonds is 7. The molecule has 0 saturated heterocycles. The second-order valence-corrected chi connectivity index (χ2v) is 4.83. The van der Waals surface area contributed by atoms with Crippen molar-refractivity contribution in [2.45, 2.75) is 12.8 Å². The third-order valence-electron chi connectivity index (χ3n) is 3.22. The first-order valence-electron chi connectivity index (χ1n) is 6.70. The van der Waals surface area contributed by atoms with Gasteiger partial charge in [-0.1, -0.05) is 0 Å². The Morgan fingerprint density at radius 1 is 1.47 bits per heavy atom. The van der Waals surface area contributed by atoms with E-state index in [9.17, 15) is 0 Å². The van der Waals surface area contributed by atoms with Crippen molar-refractivity contribution in [3.8, 4) is 0 Å². The van der Waals surface area contributed by atoms with Crippen molar-refractivity contribution in [2.24, 2.45) is 5.92 Å². The fraction of sp³-hybridized carbons (Fsp3) is 0.538. The summed E-state index contributed by atoms with van der Waals surface area (Å²) in [6.45, 7) is 2.34. The van der Waals surface area contributed by atoms with Crippen molar-refractivity contribution in [3.05, 3.63) is 18.6 Å². The summed E-state index contributed by atoms with van der Waals surface area (Å²) < 4.78 is 7.55. The predicted molar refractivity (Wildman–Crippen MR) is 74.6 cm³/mol. The van der Waals surface area contributed by atoms with E-state index in [1.807, 2.05) is 23.8 Å². The van der Waals surface area contributed by atoms with E-state index in [0.29, 0.717) is 6.61 Å². The van der Waals surface area contributed by atoms with Crippen LogP contribution in [0.2, 0.25) is 0 Å². The van der Waals surface area contributed by atoms with Crippen molar-refractivity contribution < 1.29 is 4.74 Å². The topological polar surface area (TPSA) is 63.5 Å². The summed E-state index contributed by atoms with van der Waals surface area (Å²) in [5.41, 5.74) is 0.834. The number of hydrogen-bond donors (Lipinski definition) is 2. The molecular weight excluding hydrogens is 242 g/mol. The maximum atomic E-state index is 5.60. The average Bonchev–Trinajstić information content (AvgIpc) is 3.13.